The van der Waals surface area contributed by atoms with Crippen molar-refractivity contribution >= 4 is 16.9 Å². The standard InChI is InChI=1S/C15H21N5/c1-20(12-6-10-2-4-16-8-11(10)7-12)15-13-3-5-17-14(13)18-9-19-15/h3,5,9-12,16H,2,4,6-8H2,1H3,(H,17,18,19). The molecule has 3 unspecified atom stereocenters. The maximum atomic E-state index is 4.52. The molecule has 0 aromatic carbocycles. The lowest BCUT2D eigenvalue weighted by molar-refractivity contribution is 0.295. The third-order valence-corrected chi connectivity index (χ3v) is 5.13. The molecule has 4 rings (SSSR count). The van der Waals surface area contributed by atoms with Gasteiger partial charge in [0, 0.05) is 19.3 Å². The minimum absolute atomic E-state index is 0.609. The maximum Gasteiger partial charge on any atom is 0.142 e. The van der Waals surface area contributed by atoms with Gasteiger partial charge in [-0.15, -0.1) is 0 Å². The first-order valence-electron chi connectivity index (χ1n) is 7.54. The Kier molecular flexibility index (Phi) is 2.88. The van der Waals surface area contributed by atoms with Crippen LogP contribution in [-0.2, 0) is 0 Å². The first-order valence-corrected chi connectivity index (χ1v) is 7.54. The van der Waals surface area contributed by atoms with E-state index in [4.69, 9.17) is 0 Å². The molecule has 1 aliphatic heterocycles. The third-order valence-electron chi connectivity index (χ3n) is 5.13. The lowest BCUT2D eigenvalue weighted by atomic mass is 9.90. The van der Waals surface area contributed by atoms with E-state index in [1.54, 1.807) is 6.33 Å². The number of hydrogen-bond donors (Lipinski definition) is 2. The summed E-state index contributed by atoms with van der Waals surface area (Å²) in [5.41, 5.74) is 0.930. The Hall–Kier alpha value is -1.62. The van der Waals surface area contributed by atoms with Crippen LogP contribution in [0.2, 0.25) is 0 Å². The van der Waals surface area contributed by atoms with Gasteiger partial charge >= 0.3 is 0 Å². The Bertz CT molecular complexity index is 593. The van der Waals surface area contributed by atoms with Crippen molar-refractivity contribution in [1.29, 1.82) is 0 Å². The summed E-state index contributed by atoms with van der Waals surface area (Å²) < 4.78 is 0. The zero-order valence-electron chi connectivity index (χ0n) is 11.8. The molecule has 2 aromatic rings. The molecule has 20 heavy (non-hydrogen) atoms. The number of rotatable bonds is 2. The number of nitrogens with zero attached hydrogens (tertiary/aromatic N) is 3. The molecule has 1 aliphatic carbocycles. The lowest BCUT2D eigenvalue weighted by Gasteiger charge is -2.26. The van der Waals surface area contributed by atoms with Crippen LogP contribution in [0.25, 0.3) is 11.0 Å². The summed E-state index contributed by atoms with van der Waals surface area (Å²) in [7, 11) is 2.18. The van der Waals surface area contributed by atoms with E-state index in [1.807, 2.05) is 6.20 Å². The van der Waals surface area contributed by atoms with Gasteiger partial charge in [0.1, 0.15) is 17.8 Å². The van der Waals surface area contributed by atoms with Crippen LogP contribution in [0.5, 0.6) is 0 Å². The molecular formula is C15H21N5. The zero-order chi connectivity index (χ0) is 13.5. The Balaban J connectivity index is 1.61. The van der Waals surface area contributed by atoms with Crippen molar-refractivity contribution in [3.05, 3.63) is 18.6 Å². The highest BCUT2D eigenvalue weighted by Gasteiger charge is 2.37. The summed E-state index contributed by atoms with van der Waals surface area (Å²) in [5, 5.41) is 4.66. The Morgan fingerprint density at radius 1 is 1.25 bits per heavy atom. The first-order chi connectivity index (χ1) is 9.83. The van der Waals surface area contributed by atoms with Gasteiger partial charge in [-0.1, -0.05) is 0 Å². The predicted molar refractivity (Wildman–Crippen MR) is 79.8 cm³/mol. The van der Waals surface area contributed by atoms with E-state index < -0.39 is 0 Å². The van der Waals surface area contributed by atoms with Crippen molar-refractivity contribution in [2.24, 2.45) is 11.8 Å². The van der Waals surface area contributed by atoms with Crippen LogP contribution in [0.3, 0.4) is 0 Å². The van der Waals surface area contributed by atoms with Gasteiger partial charge in [0.15, 0.2) is 0 Å². The van der Waals surface area contributed by atoms with Crippen molar-refractivity contribution < 1.29 is 0 Å². The summed E-state index contributed by atoms with van der Waals surface area (Å²) in [6.07, 6.45) is 7.52. The minimum Gasteiger partial charge on any atom is -0.356 e. The molecule has 2 aliphatic rings. The summed E-state index contributed by atoms with van der Waals surface area (Å²) in [6, 6.07) is 2.68. The molecule has 1 saturated carbocycles. The Morgan fingerprint density at radius 2 is 2.15 bits per heavy atom. The van der Waals surface area contributed by atoms with Gasteiger partial charge in [0.2, 0.25) is 0 Å². The predicted octanol–water partition coefficient (Wildman–Crippen LogP) is 1.78. The number of anilines is 1. The highest BCUT2D eigenvalue weighted by molar-refractivity contribution is 5.87. The molecule has 3 heterocycles. The number of aromatic amines is 1. The van der Waals surface area contributed by atoms with Crippen molar-refractivity contribution in [1.82, 2.24) is 20.3 Å². The number of fused-ring (bicyclic) bond motifs is 2. The Morgan fingerprint density at radius 3 is 3.05 bits per heavy atom. The van der Waals surface area contributed by atoms with Crippen LogP contribution in [-0.4, -0.2) is 41.1 Å². The van der Waals surface area contributed by atoms with Crippen molar-refractivity contribution in [2.75, 3.05) is 25.0 Å². The SMILES string of the molecule is CN(c1ncnc2[nH]ccc12)C1CC2CCNCC2C1. The fourth-order valence-electron chi connectivity index (χ4n) is 3.99. The van der Waals surface area contributed by atoms with Crippen LogP contribution >= 0.6 is 0 Å². The number of nitrogens with one attached hydrogen (secondary N) is 2. The lowest BCUT2D eigenvalue weighted by Crippen LogP contribution is -2.33. The highest BCUT2D eigenvalue weighted by Crippen LogP contribution is 2.39. The van der Waals surface area contributed by atoms with Crippen molar-refractivity contribution in [3.63, 3.8) is 0 Å². The summed E-state index contributed by atoms with van der Waals surface area (Å²) >= 11 is 0. The van der Waals surface area contributed by atoms with Gasteiger partial charge in [-0.05, 0) is 50.3 Å². The van der Waals surface area contributed by atoms with Crippen LogP contribution in [0, 0.1) is 11.8 Å². The second kappa shape index (κ2) is 4.74. The second-order valence-electron chi connectivity index (χ2n) is 6.19. The van der Waals surface area contributed by atoms with Gasteiger partial charge < -0.3 is 15.2 Å². The van der Waals surface area contributed by atoms with Gasteiger partial charge in [0.05, 0.1) is 5.39 Å². The van der Waals surface area contributed by atoms with E-state index in [9.17, 15) is 0 Å². The molecule has 1 saturated heterocycles. The van der Waals surface area contributed by atoms with E-state index in [0.29, 0.717) is 6.04 Å². The molecule has 0 amide bonds. The van der Waals surface area contributed by atoms with Crippen molar-refractivity contribution in [2.45, 2.75) is 25.3 Å². The molecule has 0 radical (unpaired) electrons. The van der Waals surface area contributed by atoms with Crippen LogP contribution in [0.4, 0.5) is 5.82 Å². The van der Waals surface area contributed by atoms with Crippen LogP contribution < -0.4 is 10.2 Å². The molecular weight excluding hydrogens is 250 g/mol. The van der Waals surface area contributed by atoms with E-state index in [-0.39, 0.29) is 0 Å². The Labute approximate surface area is 118 Å². The molecule has 5 heteroatoms. The van der Waals surface area contributed by atoms with E-state index >= 15 is 0 Å². The van der Waals surface area contributed by atoms with Crippen LogP contribution in [0.1, 0.15) is 19.3 Å². The molecule has 2 aromatic heterocycles. The molecule has 106 valence electrons. The topological polar surface area (TPSA) is 56.8 Å². The fraction of sp³-hybridized carbons (Fsp3) is 0.600. The molecule has 2 fully saturated rings. The molecule has 2 N–H and O–H groups in total. The largest absolute Gasteiger partial charge is 0.356 e. The fourth-order valence-corrected chi connectivity index (χ4v) is 3.99. The normalized spacial score (nSPS) is 29.6. The average molecular weight is 271 g/mol. The van der Waals surface area contributed by atoms with Gasteiger partial charge in [-0.2, -0.15) is 0 Å². The number of piperidine rings is 1. The van der Waals surface area contributed by atoms with E-state index in [2.05, 4.69) is 38.3 Å². The number of hydrogen-bond acceptors (Lipinski definition) is 4. The first kappa shape index (κ1) is 12.1. The summed E-state index contributed by atoms with van der Waals surface area (Å²) in [5.74, 6) is 2.81. The molecule has 3 atom stereocenters. The average Bonchev–Trinajstić information content (AvgIpc) is 3.12. The van der Waals surface area contributed by atoms with E-state index in [0.717, 1.165) is 28.7 Å². The quantitative estimate of drug-likeness (QED) is 0.874. The zero-order valence-corrected chi connectivity index (χ0v) is 11.8. The molecule has 0 spiro atoms. The monoisotopic (exact) mass is 271 g/mol. The highest BCUT2D eigenvalue weighted by atomic mass is 15.2. The van der Waals surface area contributed by atoms with Crippen molar-refractivity contribution in [3.8, 4) is 0 Å². The maximum absolute atomic E-state index is 4.52. The number of aromatic nitrogens is 3. The smallest absolute Gasteiger partial charge is 0.142 e. The summed E-state index contributed by atoms with van der Waals surface area (Å²) in [6.45, 7) is 2.38. The van der Waals surface area contributed by atoms with Gasteiger partial charge in [-0.25, -0.2) is 9.97 Å². The second-order valence-corrected chi connectivity index (χ2v) is 6.19. The van der Waals surface area contributed by atoms with Crippen LogP contribution in [0.15, 0.2) is 18.6 Å². The minimum atomic E-state index is 0.609. The molecule has 5 nitrogen and oxygen atoms in total. The van der Waals surface area contributed by atoms with E-state index in [1.165, 1.54) is 32.4 Å². The van der Waals surface area contributed by atoms with Gasteiger partial charge in [-0.3, -0.25) is 0 Å². The summed E-state index contributed by atoms with van der Waals surface area (Å²) in [4.78, 5) is 14.3. The third kappa shape index (κ3) is 1.88. The number of H-pyrrole nitrogens is 1. The van der Waals surface area contributed by atoms with Gasteiger partial charge in [0.25, 0.3) is 0 Å². The molecule has 0 bridgehead atoms.